The molecule has 1 aliphatic heterocycles. The van der Waals surface area contributed by atoms with E-state index in [0.29, 0.717) is 30.3 Å². The fourth-order valence-corrected chi connectivity index (χ4v) is 3.26. The topological polar surface area (TPSA) is 60.0 Å². The average Bonchev–Trinajstić information content (AvgIpc) is 2.75. The smallest absolute Gasteiger partial charge is 0.255 e. The normalized spacial score (nSPS) is 14.4. The Bertz CT molecular complexity index is 786. The maximum absolute atomic E-state index is 12.6. The molecular formula is C23H30N2O4. The molecule has 2 aromatic rings. The third kappa shape index (κ3) is 6.21. The number of benzene rings is 2. The van der Waals surface area contributed by atoms with Gasteiger partial charge in [0.25, 0.3) is 5.91 Å². The van der Waals surface area contributed by atoms with Crippen molar-refractivity contribution >= 4 is 11.6 Å². The molecule has 0 bridgehead atoms. The van der Waals surface area contributed by atoms with E-state index in [1.807, 2.05) is 26.0 Å². The first-order valence-electron chi connectivity index (χ1n) is 10.3. The Kier molecular flexibility index (Phi) is 7.90. The van der Waals surface area contributed by atoms with Crippen LogP contribution in [0.4, 0.5) is 5.69 Å². The standard InChI is InChI=1S/C23H30N2O4/c1-3-28-21-10-7-19(17-22(21)29-4-2)23(26)24-20-8-5-18(6-9-20)11-12-25-13-15-27-16-14-25/h5-10,17H,3-4,11-16H2,1-2H3,(H,24,26). The highest BCUT2D eigenvalue weighted by atomic mass is 16.5. The molecule has 6 nitrogen and oxygen atoms in total. The number of rotatable bonds is 9. The monoisotopic (exact) mass is 398 g/mol. The summed E-state index contributed by atoms with van der Waals surface area (Å²) in [6, 6.07) is 13.3. The second-order valence-electron chi connectivity index (χ2n) is 6.88. The first-order valence-corrected chi connectivity index (χ1v) is 10.3. The predicted octanol–water partition coefficient (Wildman–Crippen LogP) is 3.61. The number of nitrogens with zero attached hydrogens (tertiary/aromatic N) is 1. The Morgan fingerprint density at radius 2 is 1.69 bits per heavy atom. The fourth-order valence-electron chi connectivity index (χ4n) is 3.26. The Balaban J connectivity index is 1.57. The van der Waals surface area contributed by atoms with E-state index in [4.69, 9.17) is 14.2 Å². The molecule has 0 unspecified atom stereocenters. The summed E-state index contributed by atoms with van der Waals surface area (Å²) in [5, 5.41) is 2.95. The van der Waals surface area contributed by atoms with Crippen molar-refractivity contribution in [2.45, 2.75) is 20.3 Å². The Hall–Kier alpha value is -2.57. The Labute approximate surface area is 172 Å². The van der Waals surface area contributed by atoms with E-state index in [1.165, 1.54) is 5.56 Å². The SMILES string of the molecule is CCOc1ccc(C(=O)Nc2ccc(CCN3CCOCC3)cc2)cc1OCC. The van der Waals surface area contributed by atoms with Crippen molar-refractivity contribution in [1.82, 2.24) is 4.90 Å². The summed E-state index contributed by atoms with van der Waals surface area (Å²) < 4.78 is 16.5. The van der Waals surface area contributed by atoms with Crippen molar-refractivity contribution < 1.29 is 19.0 Å². The van der Waals surface area contributed by atoms with Gasteiger partial charge in [-0.3, -0.25) is 9.69 Å². The number of amides is 1. The Morgan fingerprint density at radius 1 is 1.00 bits per heavy atom. The van der Waals surface area contributed by atoms with E-state index < -0.39 is 0 Å². The van der Waals surface area contributed by atoms with Crippen LogP contribution in [0.2, 0.25) is 0 Å². The molecule has 0 spiro atoms. The largest absolute Gasteiger partial charge is 0.490 e. The van der Waals surface area contributed by atoms with Crippen molar-refractivity contribution in [2.24, 2.45) is 0 Å². The quantitative estimate of drug-likeness (QED) is 0.699. The molecule has 6 heteroatoms. The van der Waals surface area contributed by atoms with Gasteiger partial charge in [-0.2, -0.15) is 0 Å². The van der Waals surface area contributed by atoms with E-state index in [9.17, 15) is 4.79 Å². The number of carbonyl (C=O) groups is 1. The van der Waals surface area contributed by atoms with Crippen molar-refractivity contribution in [3.05, 3.63) is 53.6 Å². The van der Waals surface area contributed by atoms with Gasteiger partial charge in [0.05, 0.1) is 26.4 Å². The van der Waals surface area contributed by atoms with Gasteiger partial charge in [0.2, 0.25) is 0 Å². The molecule has 1 saturated heterocycles. The van der Waals surface area contributed by atoms with Crippen LogP contribution in [0.15, 0.2) is 42.5 Å². The van der Waals surface area contributed by atoms with Crippen LogP contribution in [-0.4, -0.2) is 56.9 Å². The van der Waals surface area contributed by atoms with E-state index in [0.717, 1.165) is 45.0 Å². The van der Waals surface area contributed by atoms with Gasteiger partial charge >= 0.3 is 0 Å². The van der Waals surface area contributed by atoms with E-state index in [1.54, 1.807) is 18.2 Å². The molecule has 1 fully saturated rings. The molecule has 1 aliphatic rings. The van der Waals surface area contributed by atoms with E-state index in [-0.39, 0.29) is 5.91 Å². The predicted molar refractivity (Wildman–Crippen MR) is 114 cm³/mol. The summed E-state index contributed by atoms with van der Waals surface area (Å²) in [5.41, 5.74) is 2.57. The van der Waals surface area contributed by atoms with Gasteiger partial charge in [0.15, 0.2) is 11.5 Å². The number of hydrogen-bond donors (Lipinski definition) is 1. The highest BCUT2D eigenvalue weighted by molar-refractivity contribution is 6.04. The minimum Gasteiger partial charge on any atom is -0.490 e. The van der Waals surface area contributed by atoms with Crippen LogP contribution in [0.25, 0.3) is 0 Å². The van der Waals surface area contributed by atoms with Crippen LogP contribution >= 0.6 is 0 Å². The molecule has 3 rings (SSSR count). The average molecular weight is 399 g/mol. The number of ether oxygens (including phenoxy) is 3. The van der Waals surface area contributed by atoms with Gasteiger partial charge in [-0.15, -0.1) is 0 Å². The minimum absolute atomic E-state index is 0.171. The number of morpholine rings is 1. The van der Waals surface area contributed by atoms with Gasteiger partial charge in [-0.1, -0.05) is 12.1 Å². The maximum Gasteiger partial charge on any atom is 0.255 e. The molecule has 1 amide bonds. The molecule has 29 heavy (non-hydrogen) atoms. The number of carbonyl (C=O) groups excluding carboxylic acids is 1. The van der Waals surface area contributed by atoms with Crippen molar-refractivity contribution in [3.63, 3.8) is 0 Å². The summed E-state index contributed by atoms with van der Waals surface area (Å²) in [6.45, 7) is 9.55. The molecule has 0 radical (unpaired) electrons. The summed E-state index contributed by atoms with van der Waals surface area (Å²) in [7, 11) is 0. The second-order valence-corrected chi connectivity index (χ2v) is 6.88. The van der Waals surface area contributed by atoms with Crippen molar-refractivity contribution in [2.75, 3.05) is 51.4 Å². The minimum atomic E-state index is -0.171. The van der Waals surface area contributed by atoms with Crippen molar-refractivity contribution in [1.29, 1.82) is 0 Å². The Morgan fingerprint density at radius 3 is 2.38 bits per heavy atom. The van der Waals surface area contributed by atoms with Crippen LogP contribution in [0.1, 0.15) is 29.8 Å². The number of nitrogens with one attached hydrogen (secondary N) is 1. The van der Waals surface area contributed by atoms with Crippen LogP contribution in [-0.2, 0) is 11.2 Å². The molecule has 0 saturated carbocycles. The van der Waals surface area contributed by atoms with Crippen molar-refractivity contribution in [3.8, 4) is 11.5 Å². The molecule has 0 atom stereocenters. The number of hydrogen-bond acceptors (Lipinski definition) is 5. The van der Waals surface area contributed by atoms with Crippen LogP contribution in [0.5, 0.6) is 11.5 Å². The fraction of sp³-hybridized carbons (Fsp3) is 0.435. The van der Waals surface area contributed by atoms with E-state index >= 15 is 0 Å². The van der Waals surface area contributed by atoms with Gasteiger partial charge in [-0.25, -0.2) is 0 Å². The molecule has 156 valence electrons. The second kappa shape index (κ2) is 10.8. The lowest BCUT2D eigenvalue weighted by Crippen LogP contribution is -2.37. The zero-order chi connectivity index (χ0) is 20.5. The van der Waals surface area contributed by atoms with Crippen LogP contribution in [0, 0.1) is 0 Å². The van der Waals surface area contributed by atoms with Gasteiger partial charge in [0, 0.05) is 30.9 Å². The molecule has 1 N–H and O–H groups in total. The summed E-state index contributed by atoms with van der Waals surface area (Å²) in [4.78, 5) is 15.0. The summed E-state index contributed by atoms with van der Waals surface area (Å²) in [6.07, 6.45) is 0.991. The highest BCUT2D eigenvalue weighted by Crippen LogP contribution is 2.29. The highest BCUT2D eigenvalue weighted by Gasteiger charge is 2.13. The summed E-state index contributed by atoms with van der Waals surface area (Å²) in [5.74, 6) is 1.06. The third-order valence-corrected chi connectivity index (χ3v) is 4.84. The third-order valence-electron chi connectivity index (χ3n) is 4.84. The molecule has 2 aromatic carbocycles. The molecule has 1 heterocycles. The first kappa shape index (κ1) is 21.1. The number of anilines is 1. The van der Waals surface area contributed by atoms with E-state index in [2.05, 4.69) is 22.3 Å². The molecular weight excluding hydrogens is 368 g/mol. The zero-order valence-corrected chi connectivity index (χ0v) is 17.3. The lowest BCUT2D eigenvalue weighted by Gasteiger charge is -2.26. The first-order chi connectivity index (χ1) is 14.2. The van der Waals surface area contributed by atoms with Crippen LogP contribution in [0.3, 0.4) is 0 Å². The molecule has 0 aromatic heterocycles. The van der Waals surface area contributed by atoms with Gasteiger partial charge in [-0.05, 0) is 56.2 Å². The summed E-state index contributed by atoms with van der Waals surface area (Å²) >= 11 is 0. The lowest BCUT2D eigenvalue weighted by atomic mass is 10.1. The maximum atomic E-state index is 12.6. The van der Waals surface area contributed by atoms with Gasteiger partial charge in [0.1, 0.15) is 0 Å². The van der Waals surface area contributed by atoms with Crippen LogP contribution < -0.4 is 14.8 Å². The zero-order valence-electron chi connectivity index (χ0n) is 17.3. The van der Waals surface area contributed by atoms with Gasteiger partial charge < -0.3 is 19.5 Å². The molecule has 0 aliphatic carbocycles. The lowest BCUT2D eigenvalue weighted by molar-refractivity contribution is 0.0384.